The fraction of sp³-hybridized carbons (Fsp3) is 0.385. The highest BCUT2D eigenvalue weighted by Crippen LogP contribution is 2.32. The van der Waals surface area contributed by atoms with Crippen molar-refractivity contribution in [3.8, 4) is 5.75 Å². The largest absolute Gasteiger partial charge is 0.478 e. The Morgan fingerprint density at radius 2 is 1.89 bits per heavy atom. The Bertz CT molecular complexity index is 435. The van der Waals surface area contributed by atoms with Crippen molar-refractivity contribution in [1.82, 2.24) is 0 Å². The van der Waals surface area contributed by atoms with Gasteiger partial charge in [-0.25, -0.2) is 4.79 Å². The van der Waals surface area contributed by atoms with Crippen molar-refractivity contribution in [3.05, 3.63) is 29.8 Å². The van der Waals surface area contributed by atoms with Gasteiger partial charge in [0.2, 0.25) is 5.60 Å². The van der Waals surface area contributed by atoms with E-state index in [0.717, 1.165) is 17.8 Å². The summed E-state index contributed by atoms with van der Waals surface area (Å²) in [5.74, 6) is 1.16. The molecule has 5 heteroatoms. The Hall–Kier alpha value is -1.49. The summed E-state index contributed by atoms with van der Waals surface area (Å²) in [6, 6.07) is 6.51. The predicted molar refractivity (Wildman–Crippen MR) is 69.4 cm³/mol. The van der Waals surface area contributed by atoms with Crippen molar-refractivity contribution in [2.24, 2.45) is 0 Å². The second-order valence-electron chi connectivity index (χ2n) is 4.20. The Morgan fingerprint density at radius 1 is 1.28 bits per heavy atom. The fourth-order valence-electron chi connectivity index (χ4n) is 1.90. The second kappa shape index (κ2) is 5.44. The second-order valence-corrected chi connectivity index (χ2v) is 5.43. The lowest BCUT2D eigenvalue weighted by molar-refractivity contribution is -0.156. The van der Waals surface area contributed by atoms with E-state index >= 15 is 0 Å². The minimum Gasteiger partial charge on any atom is -0.478 e. The van der Waals surface area contributed by atoms with Gasteiger partial charge in [0.1, 0.15) is 12.0 Å². The SMILES string of the molecule is O=Cc1ccc(OC2(C(=O)O)CCSCC2)cc1. The predicted octanol–water partition coefficient (Wildman–Crippen LogP) is 2.23. The number of benzene rings is 1. The number of aliphatic carboxylic acids is 1. The lowest BCUT2D eigenvalue weighted by atomic mass is 9.96. The van der Waals surface area contributed by atoms with Crippen LogP contribution < -0.4 is 4.74 Å². The quantitative estimate of drug-likeness (QED) is 0.847. The zero-order valence-electron chi connectivity index (χ0n) is 9.80. The highest BCUT2D eigenvalue weighted by Gasteiger charge is 2.42. The topological polar surface area (TPSA) is 63.6 Å². The van der Waals surface area contributed by atoms with Crippen molar-refractivity contribution in [1.29, 1.82) is 0 Å². The van der Waals surface area contributed by atoms with E-state index in [9.17, 15) is 14.7 Å². The molecule has 0 spiro atoms. The summed E-state index contributed by atoms with van der Waals surface area (Å²) in [4.78, 5) is 22.0. The maximum atomic E-state index is 11.4. The third kappa shape index (κ3) is 2.67. The van der Waals surface area contributed by atoms with Gasteiger partial charge >= 0.3 is 5.97 Å². The molecule has 1 aromatic rings. The molecule has 1 aliphatic heterocycles. The molecule has 1 N–H and O–H groups in total. The molecule has 0 bridgehead atoms. The lowest BCUT2D eigenvalue weighted by Gasteiger charge is -2.33. The first-order valence-corrected chi connectivity index (χ1v) is 6.87. The Labute approximate surface area is 109 Å². The van der Waals surface area contributed by atoms with Gasteiger partial charge in [-0.3, -0.25) is 4.79 Å². The van der Waals surface area contributed by atoms with Crippen LogP contribution in [-0.2, 0) is 4.79 Å². The van der Waals surface area contributed by atoms with Crippen molar-refractivity contribution < 1.29 is 19.4 Å². The van der Waals surface area contributed by atoms with Crippen molar-refractivity contribution in [2.75, 3.05) is 11.5 Å². The molecule has 1 heterocycles. The smallest absolute Gasteiger partial charge is 0.348 e. The third-order valence-corrected chi connectivity index (χ3v) is 4.01. The molecule has 18 heavy (non-hydrogen) atoms. The summed E-state index contributed by atoms with van der Waals surface area (Å²) in [6.45, 7) is 0. The monoisotopic (exact) mass is 266 g/mol. The summed E-state index contributed by atoms with van der Waals surface area (Å²) < 4.78 is 5.68. The third-order valence-electron chi connectivity index (χ3n) is 3.02. The zero-order chi connectivity index (χ0) is 13.0. The highest BCUT2D eigenvalue weighted by molar-refractivity contribution is 7.99. The average Bonchev–Trinajstić information content (AvgIpc) is 2.40. The van der Waals surface area contributed by atoms with E-state index in [1.165, 1.54) is 0 Å². The molecule has 96 valence electrons. The number of carbonyl (C=O) groups is 2. The molecule has 0 aliphatic carbocycles. The van der Waals surface area contributed by atoms with Gasteiger partial charge in [-0.2, -0.15) is 11.8 Å². The Kier molecular flexibility index (Phi) is 3.91. The van der Waals surface area contributed by atoms with Crippen LogP contribution in [0.5, 0.6) is 5.75 Å². The van der Waals surface area contributed by atoms with E-state index in [2.05, 4.69) is 0 Å². The minimum absolute atomic E-state index is 0.495. The molecule has 0 amide bonds. The van der Waals surface area contributed by atoms with Crippen molar-refractivity contribution in [3.63, 3.8) is 0 Å². The number of hydrogen-bond donors (Lipinski definition) is 1. The van der Waals surface area contributed by atoms with Gasteiger partial charge in [-0.15, -0.1) is 0 Å². The molecule has 2 rings (SSSR count). The maximum absolute atomic E-state index is 11.4. The number of aldehydes is 1. The van der Waals surface area contributed by atoms with Gasteiger partial charge in [0.15, 0.2) is 0 Å². The molecule has 1 fully saturated rings. The molecular weight excluding hydrogens is 252 g/mol. The number of ether oxygens (including phenoxy) is 1. The number of thioether (sulfide) groups is 1. The molecule has 0 atom stereocenters. The molecule has 0 aromatic heterocycles. The summed E-state index contributed by atoms with van der Waals surface area (Å²) in [7, 11) is 0. The average molecular weight is 266 g/mol. The normalized spacial score (nSPS) is 18.0. The molecule has 1 aliphatic rings. The Balaban J connectivity index is 2.17. The summed E-state index contributed by atoms with van der Waals surface area (Å²) in [5.41, 5.74) is -0.570. The van der Waals surface area contributed by atoms with Gasteiger partial charge in [0, 0.05) is 18.4 Å². The number of carboxylic acids is 1. The minimum atomic E-state index is -1.12. The van der Waals surface area contributed by atoms with Crippen LogP contribution in [0.15, 0.2) is 24.3 Å². The van der Waals surface area contributed by atoms with Crippen LogP contribution in [0, 0.1) is 0 Å². The van der Waals surface area contributed by atoms with E-state index in [0.29, 0.717) is 24.2 Å². The van der Waals surface area contributed by atoms with Crippen LogP contribution in [0.1, 0.15) is 23.2 Å². The summed E-state index contributed by atoms with van der Waals surface area (Å²) >= 11 is 1.74. The van der Waals surface area contributed by atoms with Crippen LogP contribution in [0.4, 0.5) is 0 Å². The van der Waals surface area contributed by atoms with Gasteiger partial charge in [0.05, 0.1) is 0 Å². The number of carbonyl (C=O) groups excluding carboxylic acids is 1. The zero-order valence-corrected chi connectivity index (χ0v) is 10.6. The van der Waals surface area contributed by atoms with Gasteiger partial charge < -0.3 is 9.84 Å². The van der Waals surface area contributed by atoms with E-state index < -0.39 is 11.6 Å². The van der Waals surface area contributed by atoms with E-state index in [4.69, 9.17) is 4.74 Å². The molecule has 0 unspecified atom stereocenters. The molecule has 1 aromatic carbocycles. The molecule has 4 nitrogen and oxygen atoms in total. The maximum Gasteiger partial charge on any atom is 0.348 e. The Morgan fingerprint density at radius 3 is 2.39 bits per heavy atom. The molecule has 0 saturated carbocycles. The first-order valence-electron chi connectivity index (χ1n) is 5.72. The highest BCUT2D eigenvalue weighted by atomic mass is 32.2. The van der Waals surface area contributed by atoms with E-state index in [-0.39, 0.29) is 0 Å². The lowest BCUT2D eigenvalue weighted by Crippen LogP contribution is -2.47. The van der Waals surface area contributed by atoms with Crippen LogP contribution in [0.3, 0.4) is 0 Å². The van der Waals surface area contributed by atoms with Crippen LogP contribution in [-0.4, -0.2) is 34.5 Å². The van der Waals surface area contributed by atoms with Crippen molar-refractivity contribution >= 4 is 24.0 Å². The molecule has 1 saturated heterocycles. The van der Waals surface area contributed by atoms with Crippen molar-refractivity contribution in [2.45, 2.75) is 18.4 Å². The standard InChI is InChI=1S/C13H14O4S/c14-9-10-1-3-11(4-2-10)17-13(12(15)16)5-7-18-8-6-13/h1-4,9H,5-8H2,(H,15,16). The van der Waals surface area contributed by atoms with Crippen LogP contribution >= 0.6 is 11.8 Å². The summed E-state index contributed by atoms with van der Waals surface area (Å²) in [5, 5.41) is 9.36. The first-order chi connectivity index (χ1) is 8.66. The molecular formula is C13H14O4S. The van der Waals surface area contributed by atoms with E-state index in [1.54, 1.807) is 36.0 Å². The van der Waals surface area contributed by atoms with Crippen LogP contribution in [0.25, 0.3) is 0 Å². The van der Waals surface area contributed by atoms with Gasteiger partial charge in [-0.1, -0.05) is 0 Å². The number of carboxylic acid groups (broad SMARTS) is 1. The van der Waals surface area contributed by atoms with Gasteiger partial charge in [-0.05, 0) is 35.8 Å². The first kappa shape index (κ1) is 13.0. The number of rotatable bonds is 4. The van der Waals surface area contributed by atoms with Gasteiger partial charge in [0.25, 0.3) is 0 Å². The molecule has 0 radical (unpaired) electrons. The van der Waals surface area contributed by atoms with E-state index in [1.807, 2.05) is 0 Å². The van der Waals surface area contributed by atoms with Crippen LogP contribution in [0.2, 0.25) is 0 Å². The number of hydrogen-bond acceptors (Lipinski definition) is 4. The summed E-state index contributed by atoms with van der Waals surface area (Å²) in [6.07, 6.45) is 1.75. The fourth-order valence-corrected chi connectivity index (χ4v) is 3.05.